The van der Waals surface area contributed by atoms with Gasteiger partial charge in [-0.25, -0.2) is 0 Å². The molecule has 0 aromatic rings. The number of hydrogen-bond acceptors (Lipinski definition) is 2. The second-order valence-electron chi connectivity index (χ2n) is 6.01. The van der Waals surface area contributed by atoms with Gasteiger partial charge in [0.2, 0.25) is 0 Å². The van der Waals surface area contributed by atoms with Crippen molar-refractivity contribution in [2.45, 2.75) is 58.4 Å². The van der Waals surface area contributed by atoms with E-state index >= 15 is 0 Å². The standard InChI is InChI=1S/C14H27NO/c1-3-12-5-4-6-13(12)15-11-14(2)7-9-16-10-8-14/h12-13,15H,3-11H2,1-2H3. The van der Waals surface area contributed by atoms with E-state index in [4.69, 9.17) is 4.74 Å². The van der Waals surface area contributed by atoms with Gasteiger partial charge in [-0.2, -0.15) is 0 Å². The molecular formula is C14H27NO. The van der Waals surface area contributed by atoms with Gasteiger partial charge >= 0.3 is 0 Å². The summed E-state index contributed by atoms with van der Waals surface area (Å²) in [7, 11) is 0. The van der Waals surface area contributed by atoms with Crippen molar-refractivity contribution in [1.82, 2.24) is 5.32 Å². The van der Waals surface area contributed by atoms with Gasteiger partial charge in [-0.3, -0.25) is 0 Å². The molecule has 0 spiro atoms. The van der Waals surface area contributed by atoms with Crippen LogP contribution in [0.2, 0.25) is 0 Å². The molecule has 2 unspecified atom stereocenters. The number of rotatable bonds is 4. The van der Waals surface area contributed by atoms with Crippen LogP contribution in [0.25, 0.3) is 0 Å². The summed E-state index contributed by atoms with van der Waals surface area (Å²) in [5, 5.41) is 3.84. The Morgan fingerprint density at radius 1 is 1.25 bits per heavy atom. The minimum Gasteiger partial charge on any atom is -0.381 e. The Morgan fingerprint density at radius 3 is 2.69 bits per heavy atom. The summed E-state index contributed by atoms with van der Waals surface area (Å²) in [6.07, 6.45) is 8.06. The second kappa shape index (κ2) is 5.50. The van der Waals surface area contributed by atoms with Gasteiger partial charge in [0, 0.05) is 25.8 Å². The second-order valence-corrected chi connectivity index (χ2v) is 6.01. The van der Waals surface area contributed by atoms with E-state index in [1.54, 1.807) is 0 Å². The average molecular weight is 225 g/mol. The van der Waals surface area contributed by atoms with Crippen LogP contribution in [0.15, 0.2) is 0 Å². The Labute approximate surface area is 100 Å². The fourth-order valence-corrected chi connectivity index (χ4v) is 3.21. The zero-order chi connectivity index (χ0) is 11.4. The van der Waals surface area contributed by atoms with Crippen molar-refractivity contribution in [3.05, 3.63) is 0 Å². The Bertz CT molecular complexity index is 211. The van der Waals surface area contributed by atoms with E-state index in [9.17, 15) is 0 Å². The molecule has 1 aliphatic heterocycles. The summed E-state index contributed by atoms with van der Waals surface area (Å²) in [4.78, 5) is 0. The van der Waals surface area contributed by atoms with Gasteiger partial charge in [0.1, 0.15) is 0 Å². The van der Waals surface area contributed by atoms with Crippen molar-refractivity contribution in [3.63, 3.8) is 0 Å². The van der Waals surface area contributed by atoms with Gasteiger partial charge < -0.3 is 10.1 Å². The number of nitrogens with one attached hydrogen (secondary N) is 1. The first-order chi connectivity index (χ1) is 7.73. The van der Waals surface area contributed by atoms with Crippen molar-refractivity contribution in [1.29, 1.82) is 0 Å². The van der Waals surface area contributed by atoms with Crippen molar-refractivity contribution in [2.75, 3.05) is 19.8 Å². The smallest absolute Gasteiger partial charge is 0.0471 e. The van der Waals surface area contributed by atoms with E-state index in [-0.39, 0.29) is 0 Å². The molecule has 1 saturated carbocycles. The molecule has 2 fully saturated rings. The van der Waals surface area contributed by atoms with E-state index in [1.165, 1.54) is 45.1 Å². The van der Waals surface area contributed by atoms with Crippen LogP contribution in [0.4, 0.5) is 0 Å². The SMILES string of the molecule is CCC1CCCC1NCC1(C)CCOCC1. The molecule has 0 aromatic carbocycles. The fraction of sp³-hybridized carbons (Fsp3) is 1.00. The first-order valence-corrected chi connectivity index (χ1v) is 7.05. The maximum absolute atomic E-state index is 5.45. The predicted octanol–water partition coefficient (Wildman–Crippen LogP) is 2.97. The third-order valence-corrected chi connectivity index (χ3v) is 4.67. The summed E-state index contributed by atoms with van der Waals surface area (Å²) >= 11 is 0. The lowest BCUT2D eigenvalue weighted by Crippen LogP contribution is -2.42. The summed E-state index contributed by atoms with van der Waals surface area (Å²) in [5.41, 5.74) is 0.485. The third-order valence-electron chi connectivity index (χ3n) is 4.67. The molecule has 2 atom stereocenters. The third kappa shape index (κ3) is 2.98. The van der Waals surface area contributed by atoms with Crippen LogP contribution in [-0.2, 0) is 4.74 Å². The molecule has 1 heterocycles. The molecule has 94 valence electrons. The summed E-state index contributed by atoms with van der Waals surface area (Å²) in [6, 6.07) is 0.796. The van der Waals surface area contributed by atoms with Crippen molar-refractivity contribution in [3.8, 4) is 0 Å². The van der Waals surface area contributed by atoms with Crippen LogP contribution < -0.4 is 5.32 Å². The molecule has 1 N–H and O–H groups in total. The first-order valence-electron chi connectivity index (χ1n) is 7.05. The molecule has 0 bridgehead atoms. The predicted molar refractivity (Wildman–Crippen MR) is 67.6 cm³/mol. The normalized spacial score (nSPS) is 34.1. The Hall–Kier alpha value is -0.0800. The Morgan fingerprint density at radius 2 is 2.00 bits per heavy atom. The highest BCUT2D eigenvalue weighted by atomic mass is 16.5. The lowest BCUT2D eigenvalue weighted by molar-refractivity contribution is 0.0223. The highest BCUT2D eigenvalue weighted by Gasteiger charge is 2.31. The van der Waals surface area contributed by atoms with E-state index in [2.05, 4.69) is 19.2 Å². The molecule has 0 amide bonds. The number of hydrogen-bond donors (Lipinski definition) is 1. The Balaban J connectivity index is 1.77. The molecule has 2 nitrogen and oxygen atoms in total. The summed E-state index contributed by atoms with van der Waals surface area (Å²) < 4.78 is 5.45. The van der Waals surface area contributed by atoms with Gasteiger partial charge in [0.15, 0.2) is 0 Å². The minimum atomic E-state index is 0.485. The minimum absolute atomic E-state index is 0.485. The quantitative estimate of drug-likeness (QED) is 0.794. The van der Waals surface area contributed by atoms with Crippen LogP contribution in [0.5, 0.6) is 0 Å². The average Bonchev–Trinajstić information content (AvgIpc) is 2.75. The van der Waals surface area contributed by atoms with Gasteiger partial charge in [0.25, 0.3) is 0 Å². The molecule has 1 aliphatic carbocycles. The lowest BCUT2D eigenvalue weighted by atomic mass is 9.82. The van der Waals surface area contributed by atoms with Crippen LogP contribution in [0.1, 0.15) is 52.4 Å². The van der Waals surface area contributed by atoms with E-state index in [1.807, 2.05) is 0 Å². The molecular weight excluding hydrogens is 198 g/mol. The highest BCUT2D eigenvalue weighted by Crippen LogP contribution is 2.32. The van der Waals surface area contributed by atoms with Crippen LogP contribution in [0.3, 0.4) is 0 Å². The van der Waals surface area contributed by atoms with Crippen molar-refractivity contribution < 1.29 is 4.74 Å². The van der Waals surface area contributed by atoms with Crippen LogP contribution in [0, 0.1) is 11.3 Å². The maximum atomic E-state index is 5.45. The van der Waals surface area contributed by atoms with Gasteiger partial charge in [-0.15, -0.1) is 0 Å². The van der Waals surface area contributed by atoms with Crippen molar-refractivity contribution >= 4 is 0 Å². The number of ether oxygens (including phenoxy) is 1. The van der Waals surface area contributed by atoms with E-state index in [0.717, 1.165) is 25.2 Å². The molecule has 2 rings (SSSR count). The molecule has 0 radical (unpaired) electrons. The maximum Gasteiger partial charge on any atom is 0.0471 e. The van der Waals surface area contributed by atoms with Gasteiger partial charge in [-0.1, -0.05) is 26.7 Å². The monoisotopic (exact) mass is 225 g/mol. The topological polar surface area (TPSA) is 21.3 Å². The summed E-state index contributed by atoms with van der Waals surface area (Å²) in [6.45, 7) is 7.86. The van der Waals surface area contributed by atoms with E-state index in [0.29, 0.717) is 5.41 Å². The molecule has 2 aliphatic rings. The zero-order valence-electron chi connectivity index (χ0n) is 10.9. The largest absolute Gasteiger partial charge is 0.381 e. The molecule has 2 heteroatoms. The zero-order valence-corrected chi connectivity index (χ0v) is 10.9. The van der Waals surface area contributed by atoms with Crippen molar-refractivity contribution in [2.24, 2.45) is 11.3 Å². The van der Waals surface area contributed by atoms with Crippen LogP contribution >= 0.6 is 0 Å². The molecule has 1 saturated heterocycles. The van der Waals surface area contributed by atoms with Crippen LogP contribution in [-0.4, -0.2) is 25.8 Å². The van der Waals surface area contributed by atoms with Gasteiger partial charge in [0.05, 0.1) is 0 Å². The van der Waals surface area contributed by atoms with E-state index < -0.39 is 0 Å². The molecule has 0 aromatic heterocycles. The van der Waals surface area contributed by atoms with Gasteiger partial charge in [-0.05, 0) is 37.0 Å². The molecule has 16 heavy (non-hydrogen) atoms. The first kappa shape index (κ1) is 12.4. The summed E-state index contributed by atoms with van der Waals surface area (Å²) in [5.74, 6) is 0.934. The lowest BCUT2D eigenvalue weighted by Gasteiger charge is -2.35. The Kier molecular flexibility index (Phi) is 4.26. The highest BCUT2D eigenvalue weighted by molar-refractivity contribution is 4.86. The fourth-order valence-electron chi connectivity index (χ4n) is 3.21.